The van der Waals surface area contributed by atoms with Gasteiger partial charge in [-0.25, -0.2) is 9.97 Å². The van der Waals surface area contributed by atoms with Crippen LogP contribution in [0.5, 0.6) is 0 Å². The Balaban J connectivity index is 1.54. The quantitative estimate of drug-likeness (QED) is 0.838. The summed E-state index contributed by atoms with van der Waals surface area (Å²) in [5, 5.41) is 0. The number of rotatable bonds is 2. The summed E-state index contributed by atoms with van der Waals surface area (Å²) in [5.41, 5.74) is 3.04. The highest BCUT2D eigenvalue weighted by atomic mass is 16.2. The molecule has 130 valence electrons. The molecule has 2 aromatic rings. The first-order chi connectivity index (χ1) is 12.1. The molecule has 1 aromatic carbocycles. The first-order valence-electron chi connectivity index (χ1n) is 8.80. The number of carbonyl (C=O) groups excluding carboxylic acids is 1. The smallest absolute Gasteiger partial charge is 0.257 e. The van der Waals surface area contributed by atoms with Crippen LogP contribution in [0.2, 0.25) is 0 Å². The van der Waals surface area contributed by atoms with Gasteiger partial charge < -0.3 is 14.7 Å². The van der Waals surface area contributed by atoms with Crippen LogP contribution < -0.4 is 4.90 Å². The van der Waals surface area contributed by atoms with E-state index in [1.807, 2.05) is 11.0 Å². The molecule has 0 saturated carbocycles. The van der Waals surface area contributed by atoms with Crippen molar-refractivity contribution in [1.29, 1.82) is 0 Å². The van der Waals surface area contributed by atoms with E-state index in [-0.39, 0.29) is 5.91 Å². The molecule has 6 heteroatoms. The molecule has 0 N–H and O–H groups in total. The second kappa shape index (κ2) is 6.44. The number of piperazine rings is 1. The van der Waals surface area contributed by atoms with Gasteiger partial charge in [0.1, 0.15) is 0 Å². The second-order valence-corrected chi connectivity index (χ2v) is 6.92. The molecular formula is C19H23N5O. The molecular weight excluding hydrogens is 314 g/mol. The molecule has 1 aromatic heterocycles. The number of carbonyl (C=O) groups is 1. The van der Waals surface area contributed by atoms with E-state index in [1.54, 1.807) is 12.4 Å². The van der Waals surface area contributed by atoms with Crippen molar-refractivity contribution in [3.63, 3.8) is 0 Å². The second-order valence-electron chi connectivity index (χ2n) is 6.92. The maximum absolute atomic E-state index is 12.6. The van der Waals surface area contributed by atoms with Gasteiger partial charge in [-0.1, -0.05) is 18.2 Å². The van der Waals surface area contributed by atoms with Crippen molar-refractivity contribution in [1.82, 2.24) is 19.8 Å². The van der Waals surface area contributed by atoms with Gasteiger partial charge in [-0.2, -0.15) is 0 Å². The highest BCUT2D eigenvalue weighted by Crippen LogP contribution is 2.36. The van der Waals surface area contributed by atoms with Gasteiger partial charge in [-0.3, -0.25) is 4.79 Å². The zero-order valence-electron chi connectivity index (χ0n) is 14.7. The van der Waals surface area contributed by atoms with Crippen LogP contribution in [0.4, 0.5) is 11.6 Å². The van der Waals surface area contributed by atoms with Crippen LogP contribution in [0.15, 0.2) is 36.7 Å². The zero-order valence-corrected chi connectivity index (χ0v) is 14.7. The van der Waals surface area contributed by atoms with Crippen LogP contribution >= 0.6 is 0 Å². The predicted octanol–water partition coefficient (Wildman–Crippen LogP) is 1.95. The van der Waals surface area contributed by atoms with Gasteiger partial charge in [-0.05, 0) is 32.0 Å². The van der Waals surface area contributed by atoms with E-state index in [0.29, 0.717) is 17.6 Å². The highest BCUT2D eigenvalue weighted by Gasteiger charge is 2.29. The third-order valence-electron chi connectivity index (χ3n) is 5.10. The summed E-state index contributed by atoms with van der Waals surface area (Å²) in [5.74, 6) is 0.682. The number of benzene rings is 1. The molecule has 2 aliphatic rings. The number of para-hydroxylation sites is 1. The monoisotopic (exact) mass is 337 g/mol. The van der Waals surface area contributed by atoms with Gasteiger partial charge in [0.05, 0.1) is 5.56 Å². The molecule has 3 heterocycles. The van der Waals surface area contributed by atoms with Gasteiger partial charge in [0.25, 0.3) is 5.91 Å². The van der Waals surface area contributed by atoms with Crippen molar-refractivity contribution in [2.45, 2.75) is 19.4 Å². The van der Waals surface area contributed by atoms with E-state index in [1.165, 1.54) is 5.56 Å². The van der Waals surface area contributed by atoms with Gasteiger partial charge in [0.15, 0.2) is 0 Å². The summed E-state index contributed by atoms with van der Waals surface area (Å²) in [7, 11) is 2.08. The number of fused-ring (bicyclic) bond motifs is 1. The molecule has 2 aliphatic heterocycles. The number of aromatic nitrogens is 2. The SMILES string of the molecule is CC1Cc2ccccc2N1c1ncc(C(=O)N2CCN(C)CC2)cn1. The number of hydrogen-bond acceptors (Lipinski definition) is 5. The maximum Gasteiger partial charge on any atom is 0.257 e. The lowest BCUT2D eigenvalue weighted by Crippen LogP contribution is -2.47. The largest absolute Gasteiger partial charge is 0.336 e. The van der Waals surface area contributed by atoms with E-state index in [4.69, 9.17) is 0 Å². The fourth-order valence-electron chi connectivity index (χ4n) is 3.62. The van der Waals surface area contributed by atoms with Gasteiger partial charge in [0.2, 0.25) is 5.95 Å². The fraction of sp³-hybridized carbons (Fsp3) is 0.421. The van der Waals surface area contributed by atoms with Crippen LogP contribution in [0.25, 0.3) is 0 Å². The lowest BCUT2D eigenvalue weighted by molar-refractivity contribution is 0.0663. The maximum atomic E-state index is 12.6. The topological polar surface area (TPSA) is 52.6 Å². The number of amides is 1. The van der Waals surface area contributed by atoms with E-state index in [2.05, 4.69) is 51.9 Å². The minimum Gasteiger partial charge on any atom is -0.336 e. The van der Waals surface area contributed by atoms with Crippen molar-refractivity contribution in [3.05, 3.63) is 47.8 Å². The highest BCUT2D eigenvalue weighted by molar-refractivity contribution is 5.93. The number of likely N-dealkylation sites (N-methyl/N-ethyl adjacent to an activating group) is 1. The number of nitrogens with zero attached hydrogens (tertiary/aromatic N) is 5. The molecule has 1 amide bonds. The van der Waals surface area contributed by atoms with Crippen LogP contribution in [0.1, 0.15) is 22.8 Å². The van der Waals surface area contributed by atoms with Crippen molar-refractivity contribution < 1.29 is 4.79 Å². The predicted molar refractivity (Wildman–Crippen MR) is 97.2 cm³/mol. The van der Waals surface area contributed by atoms with E-state index in [9.17, 15) is 4.79 Å². The molecule has 0 radical (unpaired) electrons. The minimum absolute atomic E-state index is 0.0227. The number of anilines is 2. The summed E-state index contributed by atoms with van der Waals surface area (Å²) in [6.07, 6.45) is 4.31. The Morgan fingerprint density at radius 2 is 1.76 bits per heavy atom. The van der Waals surface area contributed by atoms with Crippen molar-refractivity contribution in [2.24, 2.45) is 0 Å². The molecule has 1 atom stereocenters. The minimum atomic E-state index is 0.0227. The molecule has 1 unspecified atom stereocenters. The Labute approximate surface area is 148 Å². The summed E-state index contributed by atoms with van der Waals surface area (Å²) >= 11 is 0. The Morgan fingerprint density at radius 1 is 1.08 bits per heavy atom. The molecule has 0 spiro atoms. The van der Waals surface area contributed by atoms with Crippen molar-refractivity contribution in [3.8, 4) is 0 Å². The van der Waals surface area contributed by atoms with E-state index >= 15 is 0 Å². The summed E-state index contributed by atoms with van der Waals surface area (Å²) in [6.45, 7) is 5.51. The number of hydrogen-bond donors (Lipinski definition) is 0. The molecule has 1 fully saturated rings. The third-order valence-corrected chi connectivity index (χ3v) is 5.10. The van der Waals surface area contributed by atoms with Crippen molar-refractivity contribution in [2.75, 3.05) is 38.1 Å². The summed E-state index contributed by atoms with van der Waals surface area (Å²) in [6, 6.07) is 8.67. The molecule has 0 aliphatic carbocycles. The first kappa shape index (κ1) is 16.0. The molecule has 1 saturated heterocycles. The normalized spacial score (nSPS) is 20.6. The van der Waals surface area contributed by atoms with E-state index in [0.717, 1.165) is 38.3 Å². The third kappa shape index (κ3) is 2.98. The molecule has 25 heavy (non-hydrogen) atoms. The van der Waals surface area contributed by atoms with Crippen LogP contribution in [0, 0.1) is 0 Å². The van der Waals surface area contributed by atoms with E-state index < -0.39 is 0 Å². The summed E-state index contributed by atoms with van der Waals surface area (Å²) in [4.78, 5) is 27.9. The average Bonchev–Trinajstić information content (AvgIpc) is 2.97. The van der Waals surface area contributed by atoms with Gasteiger partial charge in [-0.15, -0.1) is 0 Å². The Hall–Kier alpha value is -2.47. The lowest BCUT2D eigenvalue weighted by Gasteiger charge is -2.32. The zero-order chi connectivity index (χ0) is 17.4. The Bertz CT molecular complexity index is 768. The molecule has 4 rings (SSSR count). The van der Waals surface area contributed by atoms with Crippen LogP contribution in [-0.2, 0) is 6.42 Å². The van der Waals surface area contributed by atoms with Gasteiger partial charge >= 0.3 is 0 Å². The Morgan fingerprint density at radius 3 is 2.48 bits per heavy atom. The Kier molecular flexibility index (Phi) is 4.13. The van der Waals surface area contributed by atoms with Gasteiger partial charge in [0, 0.05) is 50.3 Å². The van der Waals surface area contributed by atoms with Crippen LogP contribution in [0.3, 0.4) is 0 Å². The average molecular weight is 337 g/mol. The van der Waals surface area contributed by atoms with Crippen LogP contribution in [-0.4, -0.2) is 64.9 Å². The lowest BCUT2D eigenvalue weighted by atomic mass is 10.1. The molecule has 0 bridgehead atoms. The summed E-state index contributed by atoms with van der Waals surface area (Å²) < 4.78 is 0. The standard InChI is InChI=1S/C19H23N5O/c1-14-11-15-5-3-4-6-17(15)24(14)19-20-12-16(13-21-19)18(25)23-9-7-22(2)8-10-23/h3-6,12-14H,7-11H2,1-2H3. The fourth-order valence-corrected chi connectivity index (χ4v) is 3.62. The first-order valence-corrected chi connectivity index (χ1v) is 8.80. The van der Waals surface area contributed by atoms with Crippen molar-refractivity contribution >= 4 is 17.5 Å². The molecule has 6 nitrogen and oxygen atoms in total.